The van der Waals surface area contributed by atoms with Crippen LogP contribution in [0.25, 0.3) is 0 Å². The Morgan fingerprint density at radius 1 is 1.21 bits per heavy atom. The fraction of sp³-hybridized carbons (Fsp3) is 0.278. The van der Waals surface area contributed by atoms with Crippen molar-refractivity contribution in [3.63, 3.8) is 0 Å². The summed E-state index contributed by atoms with van der Waals surface area (Å²) in [6.45, 7) is 2.06. The normalized spacial score (nSPS) is 10.5. The van der Waals surface area contributed by atoms with Crippen molar-refractivity contribution in [3.05, 3.63) is 59.2 Å². The van der Waals surface area contributed by atoms with E-state index in [0.29, 0.717) is 12.1 Å². The number of para-hydroxylation sites is 1. The van der Waals surface area contributed by atoms with Crippen LogP contribution in [0.5, 0.6) is 5.75 Å². The van der Waals surface area contributed by atoms with Gasteiger partial charge < -0.3 is 14.8 Å². The molecule has 6 heteroatoms. The van der Waals surface area contributed by atoms with Crippen molar-refractivity contribution in [1.29, 1.82) is 0 Å². The Kier molecular flexibility index (Phi) is 6.49. The second kappa shape index (κ2) is 8.59. The van der Waals surface area contributed by atoms with Crippen LogP contribution in [0.15, 0.2) is 42.5 Å². The number of ether oxygens (including phenoxy) is 2. The molecule has 1 N–H and O–H groups in total. The molecule has 0 unspecified atom stereocenters. The van der Waals surface area contributed by atoms with Crippen molar-refractivity contribution in [2.45, 2.75) is 26.4 Å². The first kappa shape index (κ1) is 18.1. The molecule has 3 nitrogen and oxygen atoms in total. The second-order valence-electron chi connectivity index (χ2n) is 5.09. The smallest absolute Gasteiger partial charge is 0.267 e. The van der Waals surface area contributed by atoms with Gasteiger partial charge in [-0.05, 0) is 42.4 Å². The standard InChI is InChI=1S/C18H19F2NO2S/c1-3-12-8-9-16(14(10-12)17(19)20)23-11-13-6-4-5-7-15(13)21-18(24)22-2/h4-10,17H,3,11H2,1-2H3,(H,21,24). The molecule has 0 spiro atoms. The van der Waals surface area contributed by atoms with Crippen molar-refractivity contribution in [2.24, 2.45) is 0 Å². The molecule has 2 aromatic rings. The van der Waals surface area contributed by atoms with E-state index in [-0.39, 0.29) is 23.1 Å². The molecule has 0 heterocycles. The molecule has 0 atom stereocenters. The van der Waals surface area contributed by atoms with Gasteiger partial charge in [-0.2, -0.15) is 0 Å². The quantitative estimate of drug-likeness (QED) is 0.733. The number of rotatable bonds is 6. The van der Waals surface area contributed by atoms with Crippen molar-refractivity contribution in [2.75, 3.05) is 12.4 Å². The molecule has 0 saturated heterocycles. The van der Waals surface area contributed by atoms with Gasteiger partial charge in [-0.1, -0.05) is 31.2 Å². The van der Waals surface area contributed by atoms with E-state index in [9.17, 15) is 8.78 Å². The average Bonchev–Trinajstić information content (AvgIpc) is 2.60. The topological polar surface area (TPSA) is 30.5 Å². The molecule has 0 aliphatic carbocycles. The van der Waals surface area contributed by atoms with Gasteiger partial charge in [0.15, 0.2) is 0 Å². The third-order valence-corrected chi connectivity index (χ3v) is 3.81. The van der Waals surface area contributed by atoms with E-state index < -0.39 is 6.43 Å². The minimum Gasteiger partial charge on any atom is -0.488 e. The molecule has 0 radical (unpaired) electrons. The number of methoxy groups -OCH3 is 1. The van der Waals surface area contributed by atoms with Crippen molar-refractivity contribution in [3.8, 4) is 5.75 Å². The molecule has 2 aromatic carbocycles. The Morgan fingerprint density at radius 2 is 1.96 bits per heavy atom. The zero-order chi connectivity index (χ0) is 17.5. The third kappa shape index (κ3) is 4.64. The number of nitrogens with one attached hydrogen (secondary N) is 1. The molecule has 0 aromatic heterocycles. The van der Waals surface area contributed by atoms with Crippen molar-refractivity contribution < 1.29 is 18.3 Å². The summed E-state index contributed by atoms with van der Waals surface area (Å²) in [6.07, 6.45) is -1.89. The summed E-state index contributed by atoms with van der Waals surface area (Å²) in [4.78, 5) is 0. The van der Waals surface area contributed by atoms with Gasteiger partial charge in [0.25, 0.3) is 11.6 Å². The maximum Gasteiger partial charge on any atom is 0.267 e. The summed E-state index contributed by atoms with van der Waals surface area (Å²) < 4.78 is 37.0. The van der Waals surface area contributed by atoms with Gasteiger partial charge in [-0.15, -0.1) is 0 Å². The van der Waals surface area contributed by atoms with Crippen LogP contribution in [0.4, 0.5) is 14.5 Å². The molecule has 0 aliphatic heterocycles. The van der Waals surface area contributed by atoms with Crippen LogP contribution < -0.4 is 10.1 Å². The summed E-state index contributed by atoms with van der Waals surface area (Å²) in [5, 5.41) is 3.16. The first-order valence-corrected chi connectivity index (χ1v) is 7.92. The Labute approximate surface area is 145 Å². The zero-order valence-corrected chi connectivity index (χ0v) is 14.3. The first-order valence-electron chi connectivity index (χ1n) is 7.51. The van der Waals surface area contributed by atoms with Gasteiger partial charge in [-0.25, -0.2) is 8.78 Å². The zero-order valence-electron chi connectivity index (χ0n) is 13.5. The van der Waals surface area contributed by atoms with Crippen LogP contribution in [0.3, 0.4) is 0 Å². The number of hydrogen-bond donors (Lipinski definition) is 1. The predicted molar refractivity (Wildman–Crippen MR) is 94.8 cm³/mol. The molecule has 0 aliphatic rings. The minimum atomic E-state index is -2.58. The first-order chi connectivity index (χ1) is 11.5. The van der Waals surface area contributed by atoms with E-state index in [4.69, 9.17) is 21.7 Å². The highest BCUT2D eigenvalue weighted by molar-refractivity contribution is 7.80. The van der Waals surface area contributed by atoms with E-state index in [2.05, 4.69) is 5.32 Å². The number of anilines is 1. The highest BCUT2D eigenvalue weighted by Gasteiger charge is 2.15. The number of aryl methyl sites for hydroxylation is 1. The Hall–Kier alpha value is -2.21. The number of thiocarbonyl (C=S) groups is 1. The molecule has 0 amide bonds. The summed E-state index contributed by atoms with van der Waals surface area (Å²) >= 11 is 4.98. The van der Waals surface area contributed by atoms with Gasteiger partial charge >= 0.3 is 0 Å². The van der Waals surface area contributed by atoms with E-state index in [1.54, 1.807) is 12.1 Å². The summed E-state index contributed by atoms with van der Waals surface area (Å²) in [5.74, 6) is 0.186. The highest BCUT2D eigenvalue weighted by Crippen LogP contribution is 2.31. The SMILES string of the molecule is CCc1ccc(OCc2ccccc2NC(=S)OC)c(C(F)F)c1. The summed E-state index contributed by atoms with van der Waals surface area (Å²) in [6, 6.07) is 12.2. The molecule has 0 fully saturated rings. The Morgan fingerprint density at radius 3 is 2.62 bits per heavy atom. The summed E-state index contributed by atoms with van der Waals surface area (Å²) in [7, 11) is 1.47. The molecule has 128 valence electrons. The number of halogens is 2. The van der Waals surface area contributed by atoms with Crippen LogP contribution in [0.1, 0.15) is 30.0 Å². The minimum absolute atomic E-state index is 0.0906. The van der Waals surface area contributed by atoms with Crippen LogP contribution >= 0.6 is 12.2 Å². The summed E-state index contributed by atoms with van der Waals surface area (Å²) in [5.41, 5.74) is 2.27. The maximum atomic E-state index is 13.2. The second-order valence-corrected chi connectivity index (χ2v) is 5.46. The lowest BCUT2D eigenvalue weighted by atomic mass is 10.1. The van der Waals surface area contributed by atoms with E-state index in [0.717, 1.165) is 11.1 Å². The van der Waals surface area contributed by atoms with Crippen molar-refractivity contribution >= 4 is 23.1 Å². The van der Waals surface area contributed by atoms with Crippen LogP contribution in [-0.4, -0.2) is 12.3 Å². The van der Waals surface area contributed by atoms with Crippen molar-refractivity contribution in [1.82, 2.24) is 0 Å². The molecular weight excluding hydrogens is 332 g/mol. The number of hydrogen-bond acceptors (Lipinski definition) is 3. The Balaban J connectivity index is 2.18. The van der Waals surface area contributed by atoms with Gasteiger partial charge in [0, 0.05) is 11.3 Å². The fourth-order valence-corrected chi connectivity index (χ4v) is 2.31. The van der Waals surface area contributed by atoms with E-state index in [1.165, 1.54) is 13.2 Å². The molecule has 2 rings (SSSR count). The lowest BCUT2D eigenvalue weighted by Gasteiger charge is -2.15. The number of benzene rings is 2. The van der Waals surface area contributed by atoms with Gasteiger partial charge in [-0.3, -0.25) is 0 Å². The molecule has 0 saturated carbocycles. The average molecular weight is 351 g/mol. The maximum absolute atomic E-state index is 13.2. The highest BCUT2D eigenvalue weighted by atomic mass is 32.1. The largest absolute Gasteiger partial charge is 0.488 e. The number of alkyl halides is 2. The lowest BCUT2D eigenvalue weighted by Crippen LogP contribution is -2.13. The van der Waals surface area contributed by atoms with Gasteiger partial charge in [0.1, 0.15) is 12.4 Å². The molecule has 24 heavy (non-hydrogen) atoms. The fourth-order valence-electron chi connectivity index (χ4n) is 2.20. The van der Waals surface area contributed by atoms with Gasteiger partial charge in [0.05, 0.1) is 12.7 Å². The van der Waals surface area contributed by atoms with Crippen LogP contribution in [0.2, 0.25) is 0 Å². The van der Waals surface area contributed by atoms with Crippen LogP contribution in [-0.2, 0) is 17.8 Å². The predicted octanol–water partition coefficient (Wildman–Crippen LogP) is 5.11. The van der Waals surface area contributed by atoms with Gasteiger partial charge in [0.2, 0.25) is 0 Å². The lowest BCUT2D eigenvalue weighted by molar-refractivity contribution is 0.144. The third-order valence-electron chi connectivity index (χ3n) is 3.54. The van der Waals surface area contributed by atoms with E-state index in [1.807, 2.05) is 31.2 Å². The molecule has 0 bridgehead atoms. The Bertz CT molecular complexity index is 707. The monoisotopic (exact) mass is 351 g/mol. The van der Waals surface area contributed by atoms with Crippen LogP contribution in [0, 0.1) is 0 Å². The van der Waals surface area contributed by atoms with E-state index >= 15 is 0 Å². The molecular formula is C18H19F2NO2S.